The maximum absolute atomic E-state index is 11.7. The van der Waals surface area contributed by atoms with Gasteiger partial charge in [0.2, 0.25) is 0 Å². The second-order valence-corrected chi connectivity index (χ2v) is 6.21. The van der Waals surface area contributed by atoms with Gasteiger partial charge in [-0.3, -0.25) is 4.57 Å². The Morgan fingerprint density at radius 2 is 2.33 bits per heavy atom. The highest BCUT2D eigenvalue weighted by Gasteiger charge is 2.28. The third-order valence-corrected chi connectivity index (χ3v) is 4.47. The fourth-order valence-corrected chi connectivity index (χ4v) is 3.09. The summed E-state index contributed by atoms with van der Waals surface area (Å²) in [6, 6.07) is 4.64. The monoisotopic (exact) mass is 305 g/mol. The molecule has 7 heteroatoms. The number of H-pyrrole nitrogens is 1. The van der Waals surface area contributed by atoms with Gasteiger partial charge in [-0.05, 0) is 49.7 Å². The van der Waals surface area contributed by atoms with Gasteiger partial charge in [0.1, 0.15) is 5.03 Å². The first-order valence-corrected chi connectivity index (χ1v) is 8.04. The molecule has 112 valence electrons. The summed E-state index contributed by atoms with van der Waals surface area (Å²) < 4.78 is 1.74. The van der Waals surface area contributed by atoms with Crippen molar-refractivity contribution in [2.24, 2.45) is 0 Å². The van der Waals surface area contributed by atoms with Crippen LogP contribution in [0.15, 0.2) is 33.3 Å². The van der Waals surface area contributed by atoms with Crippen molar-refractivity contribution in [1.82, 2.24) is 25.1 Å². The maximum atomic E-state index is 11.7. The van der Waals surface area contributed by atoms with Crippen molar-refractivity contribution in [3.05, 3.63) is 34.4 Å². The van der Waals surface area contributed by atoms with Gasteiger partial charge < -0.3 is 5.32 Å². The molecule has 1 aliphatic rings. The summed E-state index contributed by atoms with van der Waals surface area (Å²) in [5.74, 6) is 0. The minimum Gasteiger partial charge on any atom is -0.310 e. The van der Waals surface area contributed by atoms with Crippen molar-refractivity contribution in [3.8, 4) is 0 Å². The van der Waals surface area contributed by atoms with E-state index < -0.39 is 0 Å². The highest BCUT2D eigenvalue weighted by atomic mass is 32.2. The molecule has 1 aliphatic carbocycles. The lowest BCUT2D eigenvalue weighted by Gasteiger charge is -2.12. The highest BCUT2D eigenvalue weighted by Crippen LogP contribution is 2.37. The Morgan fingerprint density at radius 1 is 1.52 bits per heavy atom. The molecular formula is C14H19N5OS. The van der Waals surface area contributed by atoms with E-state index in [1.54, 1.807) is 4.57 Å². The number of nitrogens with one attached hydrogen (secondary N) is 2. The smallest absolute Gasteiger partial charge is 0.310 e. The number of pyridine rings is 1. The fraction of sp³-hybridized carbons (Fsp3) is 0.500. The molecule has 0 amide bonds. The molecule has 1 fully saturated rings. The van der Waals surface area contributed by atoms with Gasteiger partial charge >= 0.3 is 5.69 Å². The zero-order valence-electron chi connectivity index (χ0n) is 12.2. The van der Waals surface area contributed by atoms with E-state index in [0.717, 1.165) is 30.0 Å². The van der Waals surface area contributed by atoms with Crippen LogP contribution in [0, 0.1) is 0 Å². The Kier molecular flexibility index (Phi) is 4.12. The fourth-order valence-electron chi connectivity index (χ4n) is 2.24. The molecule has 3 rings (SSSR count). The van der Waals surface area contributed by atoms with E-state index >= 15 is 0 Å². The Bertz CT molecular complexity index is 659. The van der Waals surface area contributed by atoms with Crippen LogP contribution in [0.5, 0.6) is 0 Å². The lowest BCUT2D eigenvalue weighted by molar-refractivity contribution is 0.595. The third-order valence-electron chi connectivity index (χ3n) is 3.55. The number of hydrogen-bond acceptors (Lipinski definition) is 5. The SMILES string of the molecule is CCNC(C)c1ccc(Sc2n[nH]c(=O)n2C2CC2)nc1. The summed E-state index contributed by atoms with van der Waals surface area (Å²) in [6.45, 7) is 5.13. The van der Waals surface area contributed by atoms with Gasteiger partial charge in [0.05, 0.1) is 0 Å². The molecule has 2 aromatic rings. The molecule has 0 bridgehead atoms. The average molecular weight is 305 g/mol. The van der Waals surface area contributed by atoms with Crippen LogP contribution < -0.4 is 11.0 Å². The zero-order chi connectivity index (χ0) is 14.8. The molecule has 2 heterocycles. The van der Waals surface area contributed by atoms with Gasteiger partial charge in [-0.1, -0.05) is 13.0 Å². The van der Waals surface area contributed by atoms with Crippen LogP contribution in [0.1, 0.15) is 44.3 Å². The molecule has 1 saturated carbocycles. The first-order chi connectivity index (χ1) is 10.2. The summed E-state index contributed by atoms with van der Waals surface area (Å²) in [5, 5.41) is 11.5. The van der Waals surface area contributed by atoms with Crippen LogP contribution >= 0.6 is 11.8 Å². The number of aromatic amines is 1. The molecule has 2 N–H and O–H groups in total. The summed E-state index contributed by atoms with van der Waals surface area (Å²) >= 11 is 1.43. The number of aromatic nitrogens is 4. The van der Waals surface area contributed by atoms with Crippen molar-refractivity contribution in [3.63, 3.8) is 0 Å². The van der Waals surface area contributed by atoms with E-state index in [2.05, 4.69) is 40.4 Å². The first-order valence-electron chi connectivity index (χ1n) is 7.23. The van der Waals surface area contributed by atoms with Gasteiger partial charge in [0.25, 0.3) is 0 Å². The van der Waals surface area contributed by atoms with Gasteiger partial charge in [-0.15, -0.1) is 5.10 Å². The summed E-state index contributed by atoms with van der Waals surface area (Å²) in [7, 11) is 0. The van der Waals surface area contributed by atoms with Crippen LogP contribution in [0.2, 0.25) is 0 Å². The molecule has 0 aromatic carbocycles. The summed E-state index contributed by atoms with van der Waals surface area (Å²) in [5.41, 5.74) is 1.03. The molecule has 0 saturated heterocycles. The lowest BCUT2D eigenvalue weighted by atomic mass is 10.1. The van der Waals surface area contributed by atoms with Gasteiger partial charge in [-0.25, -0.2) is 14.9 Å². The third kappa shape index (κ3) is 3.19. The lowest BCUT2D eigenvalue weighted by Crippen LogP contribution is -2.17. The number of rotatable bonds is 6. The van der Waals surface area contributed by atoms with E-state index in [9.17, 15) is 4.79 Å². The molecule has 6 nitrogen and oxygen atoms in total. The molecule has 21 heavy (non-hydrogen) atoms. The molecule has 0 aliphatic heterocycles. The highest BCUT2D eigenvalue weighted by molar-refractivity contribution is 7.99. The van der Waals surface area contributed by atoms with Gasteiger partial charge in [-0.2, -0.15) is 0 Å². The Labute approximate surface area is 127 Å². The predicted molar refractivity (Wildman–Crippen MR) is 81.6 cm³/mol. The molecular weight excluding hydrogens is 286 g/mol. The van der Waals surface area contributed by atoms with Crippen molar-refractivity contribution in [2.45, 2.75) is 49.0 Å². The van der Waals surface area contributed by atoms with E-state index in [-0.39, 0.29) is 11.7 Å². The quantitative estimate of drug-likeness (QED) is 0.855. The largest absolute Gasteiger partial charge is 0.344 e. The minimum absolute atomic E-state index is 0.127. The van der Waals surface area contributed by atoms with Crippen molar-refractivity contribution in [2.75, 3.05) is 6.54 Å². The van der Waals surface area contributed by atoms with Crippen LogP contribution in [-0.4, -0.2) is 26.3 Å². The Balaban J connectivity index is 1.75. The molecule has 1 unspecified atom stereocenters. The van der Waals surface area contributed by atoms with E-state index in [1.165, 1.54) is 11.8 Å². The summed E-state index contributed by atoms with van der Waals surface area (Å²) in [4.78, 5) is 16.2. The van der Waals surface area contributed by atoms with Gasteiger partial charge in [0.15, 0.2) is 5.16 Å². The van der Waals surface area contributed by atoms with Crippen LogP contribution in [0.4, 0.5) is 0 Å². The van der Waals surface area contributed by atoms with Gasteiger partial charge in [0, 0.05) is 18.3 Å². The predicted octanol–water partition coefficient (Wildman–Crippen LogP) is 2.12. The second kappa shape index (κ2) is 6.03. The molecule has 2 aromatic heterocycles. The van der Waals surface area contributed by atoms with Crippen LogP contribution in [-0.2, 0) is 0 Å². The van der Waals surface area contributed by atoms with E-state index in [0.29, 0.717) is 11.2 Å². The van der Waals surface area contributed by atoms with Crippen LogP contribution in [0.3, 0.4) is 0 Å². The molecule has 0 radical (unpaired) electrons. The van der Waals surface area contributed by atoms with E-state index in [4.69, 9.17) is 0 Å². The second-order valence-electron chi connectivity index (χ2n) is 5.22. The normalized spacial score (nSPS) is 16.1. The number of hydrogen-bond donors (Lipinski definition) is 2. The topological polar surface area (TPSA) is 75.6 Å². The van der Waals surface area contributed by atoms with Crippen molar-refractivity contribution in [1.29, 1.82) is 0 Å². The van der Waals surface area contributed by atoms with Crippen molar-refractivity contribution >= 4 is 11.8 Å². The van der Waals surface area contributed by atoms with E-state index in [1.807, 2.05) is 12.3 Å². The minimum atomic E-state index is -0.127. The molecule has 0 spiro atoms. The Hall–Kier alpha value is -1.60. The first kappa shape index (κ1) is 14.3. The zero-order valence-corrected chi connectivity index (χ0v) is 13.0. The number of nitrogens with zero attached hydrogens (tertiary/aromatic N) is 3. The summed E-state index contributed by atoms with van der Waals surface area (Å²) in [6.07, 6.45) is 3.99. The maximum Gasteiger partial charge on any atom is 0.344 e. The standard InChI is InChI=1S/C14H19N5OS/c1-3-15-9(2)10-4-7-12(16-8-10)21-14-18-17-13(20)19(14)11-5-6-11/h4,7-9,11,15H,3,5-6H2,1-2H3,(H,17,20). The van der Waals surface area contributed by atoms with Crippen molar-refractivity contribution < 1.29 is 0 Å². The van der Waals surface area contributed by atoms with Crippen LogP contribution in [0.25, 0.3) is 0 Å². The average Bonchev–Trinajstić information content (AvgIpc) is 3.25. The Morgan fingerprint density at radius 3 is 2.95 bits per heavy atom. The molecule has 1 atom stereocenters.